The molecule has 4 heteroatoms. The van der Waals surface area contributed by atoms with Gasteiger partial charge in [-0.25, -0.2) is 0 Å². The van der Waals surface area contributed by atoms with Crippen molar-refractivity contribution in [2.75, 3.05) is 25.9 Å². The van der Waals surface area contributed by atoms with E-state index in [0.717, 1.165) is 29.4 Å². The van der Waals surface area contributed by atoms with Crippen LogP contribution in [0.2, 0.25) is 5.02 Å². The molecule has 2 rings (SSSR count). The lowest BCUT2D eigenvalue weighted by Gasteiger charge is -2.18. The maximum Gasteiger partial charge on any atom is 0.142 e. The summed E-state index contributed by atoms with van der Waals surface area (Å²) in [7, 11) is 2.04. The van der Waals surface area contributed by atoms with Gasteiger partial charge in [0.1, 0.15) is 12.4 Å². The molecule has 0 aromatic heterocycles. The smallest absolute Gasteiger partial charge is 0.142 e. The molecule has 0 bridgehead atoms. The normalized spacial score (nSPS) is 10.8. The number of halogens is 1. The Morgan fingerprint density at radius 1 is 1.10 bits per heavy atom. The Morgan fingerprint density at radius 3 is 2.55 bits per heavy atom. The molecule has 0 spiro atoms. The van der Waals surface area contributed by atoms with Crippen LogP contribution in [0.4, 0.5) is 5.69 Å². The van der Waals surface area contributed by atoms with Crippen LogP contribution in [-0.4, -0.2) is 25.1 Å². The summed E-state index contributed by atoms with van der Waals surface area (Å²) in [6.07, 6.45) is 0. The second-order valence-corrected chi connectivity index (χ2v) is 5.12. The Hall–Kier alpha value is -1.71. The van der Waals surface area contributed by atoms with Gasteiger partial charge in [-0.05, 0) is 30.8 Å². The van der Waals surface area contributed by atoms with Gasteiger partial charge in [-0.3, -0.25) is 4.90 Å². The zero-order chi connectivity index (χ0) is 14.4. The van der Waals surface area contributed by atoms with Crippen LogP contribution in [0.15, 0.2) is 48.5 Å². The second kappa shape index (κ2) is 7.17. The standard InChI is InChI=1S/C16H19ClN2O/c1-19(12-13-6-2-3-7-14(13)17)10-11-20-16-9-5-4-8-15(16)18/h2-9H,10-12,18H2,1H3. The van der Waals surface area contributed by atoms with Crippen molar-refractivity contribution < 1.29 is 4.74 Å². The molecule has 0 aliphatic carbocycles. The number of hydrogen-bond acceptors (Lipinski definition) is 3. The maximum absolute atomic E-state index is 6.14. The first-order valence-corrected chi connectivity index (χ1v) is 6.94. The van der Waals surface area contributed by atoms with E-state index >= 15 is 0 Å². The van der Waals surface area contributed by atoms with Crippen molar-refractivity contribution in [3.8, 4) is 5.75 Å². The van der Waals surface area contributed by atoms with Gasteiger partial charge < -0.3 is 10.5 Å². The van der Waals surface area contributed by atoms with Gasteiger partial charge in [0.2, 0.25) is 0 Å². The average Bonchev–Trinajstić information content (AvgIpc) is 2.43. The molecular weight excluding hydrogens is 272 g/mol. The lowest BCUT2D eigenvalue weighted by atomic mass is 10.2. The minimum Gasteiger partial charge on any atom is -0.490 e. The van der Waals surface area contributed by atoms with Gasteiger partial charge in [-0.15, -0.1) is 0 Å². The highest BCUT2D eigenvalue weighted by molar-refractivity contribution is 6.31. The molecule has 3 nitrogen and oxygen atoms in total. The molecule has 20 heavy (non-hydrogen) atoms. The summed E-state index contributed by atoms with van der Waals surface area (Å²) in [6.45, 7) is 2.20. The fourth-order valence-corrected chi connectivity index (χ4v) is 2.12. The zero-order valence-corrected chi connectivity index (χ0v) is 12.3. The number of rotatable bonds is 6. The Bertz CT molecular complexity index is 560. The molecule has 0 fully saturated rings. The van der Waals surface area contributed by atoms with Crippen LogP contribution in [0.3, 0.4) is 0 Å². The number of ether oxygens (including phenoxy) is 1. The van der Waals surface area contributed by atoms with E-state index in [2.05, 4.69) is 4.90 Å². The average molecular weight is 291 g/mol. The van der Waals surface area contributed by atoms with E-state index in [1.165, 1.54) is 0 Å². The van der Waals surface area contributed by atoms with Crippen molar-refractivity contribution in [3.63, 3.8) is 0 Å². The van der Waals surface area contributed by atoms with Crippen molar-refractivity contribution in [3.05, 3.63) is 59.1 Å². The molecule has 0 unspecified atom stereocenters. The highest BCUT2D eigenvalue weighted by Crippen LogP contribution is 2.20. The third-order valence-corrected chi connectivity index (χ3v) is 3.42. The van der Waals surface area contributed by atoms with E-state index < -0.39 is 0 Å². The Balaban J connectivity index is 1.80. The van der Waals surface area contributed by atoms with Gasteiger partial charge in [0.25, 0.3) is 0 Å². The summed E-state index contributed by atoms with van der Waals surface area (Å²) < 4.78 is 5.68. The Kier molecular flexibility index (Phi) is 5.27. The van der Waals surface area contributed by atoms with Gasteiger partial charge in [0.15, 0.2) is 0 Å². The molecule has 0 heterocycles. The van der Waals surface area contributed by atoms with Crippen molar-refractivity contribution in [2.45, 2.75) is 6.54 Å². The molecule has 0 saturated heterocycles. The number of nitrogens with zero attached hydrogens (tertiary/aromatic N) is 1. The van der Waals surface area contributed by atoms with Gasteiger partial charge in [0.05, 0.1) is 5.69 Å². The predicted octanol–water partition coefficient (Wildman–Crippen LogP) is 3.43. The highest BCUT2D eigenvalue weighted by Gasteiger charge is 2.05. The predicted molar refractivity (Wildman–Crippen MR) is 84.1 cm³/mol. The summed E-state index contributed by atoms with van der Waals surface area (Å²) >= 11 is 6.14. The summed E-state index contributed by atoms with van der Waals surface area (Å²) in [6, 6.07) is 15.4. The summed E-state index contributed by atoms with van der Waals surface area (Å²) in [5.41, 5.74) is 7.61. The third-order valence-electron chi connectivity index (χ3n) is 3.05. The SMILES string of the molecule is CN(CCOc1ccccc1N)Cc1ccccc1Cl. The molecule has 0 amide bonds. The third kappa shape index (κ3) is 4.15. The largest absolute Gasteiger partial charge is 0.490 e. The summed E-state index contributed by atoms with van der Waals surface area (Å²) in [4.78, 5) is 2.17. The maximum atomic E-state index is 6.14. The highest BCUT2D eigenvalue weighted by atomic mass is 35.5. The van der Waals surface area contributed by atoms with E-state index in [0.29, 0.717) is 12.3 Å². The molecule has 2 aromatic carbocycles. The van der Waals surface area contributed by atoms with Crippen LogP contribution in [0.25, 0.3) is 0 Å². The first kappa shape index (κ1) is 14.7. The number of benzene rings is 2. The fourth-order valence-electron chi connectivity index (χ4n) is 1.92. The Labute approximate surface area is 124 Å². The molecule has 0 saturated carbocycles. The number of anilines is 1. The lowest BCUT2D eigenvalue weighted by molar-refractivity contribution is 0.233. The van der Waals surface area contributed by atoms with Gasteiger partial charge in [-0.2, -0.15) is 0 Å². The second-order valence-electron chi connectivity index (χ2n) is 4.72. The van der Waals surface area contributed by atoms with E-state index in [1.807, 2.05) is 55.6 Å². The first-order chi connectivity index (χ1) is 9.66. The van der Waals surface area contributed by atoms with Gasteiger partial charge in [0, 0.05) is 18.1 Å². The first-order valence-electron chi connectivity index (χ1n) is 6.56. The van der Waals surface area contributed by atoms with Crippen LogP contribution >= 0.6 is 11.6 Å². The minimum atomic E-state index is 0.592. The summed E-state index contributed by atoms with van der Waals surface area (Å²) in [5, 5.41) is 0.799. The van der Waals surface area contributed by atoms with Crippen molar-refractivity contribution in [2.24, 2.45) is 0 Å². The summed E-state index contributed by atoms with van der Waals surface area (Å²) in [5.74, 6) is 0.735. The zero-order valence-electron chi connectivity index (χ0n) is 11.6. The number of nitrogens with two attached hydrogens (primary N) is 1. The number of nitrogen functional groups attached to an aromatic ring is 1. The van der Waals surface area contributed by atoms with Crippen LogP contribution in [0.5, 0.6) is 5.75 Å². The van der Waals surface area contributed by atoms with Crippen molar-refractivity contribution >= 4 is 17.3 Å². The molecular formula is C16H19ClN2O. The molecule has 2 aromatic rings. The Morgan fingerprint density at radius 2 is 1.80 bits per heavy atom. The molecule has 0 aliphatic heterocycles. The van der Waals surface area contributed by atoms with Crippen LogP contribution in [0.1, 0.15) is 5.56 Å². The molecule has 0 radical (unpaired) electrons. The number of likely N-dealkylation sites (N-methyl/N-ethyl adjacent to an activating group) is 1. The van der Waals surface area contributed by atoms with Crippen LogP contribution in [-0.2, 0) is 6.54 Å². The van der Waals surface area contributed by atoms with E-state index in [1.54, 1.807) is 0 Å². The molecule has 0 atom stereocenters. The number of hydrogen-bond donors (Lipinski definition) is 1. The van der Waals surface area contributed by atoms with Crippen molar-refractivity contribution in [1.29, 1.82) is 0 Å². The fraction of sp³-hybridized carbons (Fsp3) is 0.250. The lowest BCUT2D eigenvalue weighted by Crippen LogP contribution is -2.24. The van der Waals surface area contributed by atoms with E-state index in [4.69, 9.17) is 22.1 Å². The molecule has 106 valence electrons. The topological polar surface area (TPSA) is 38.5 Å². The van der Waals surface area contributed by atoms with Gasteiger partial charge >= 0.3 is 0 Å². The minimum absolute atomic E-state index is 0.592. The monoisotopic (exact) mass is 290 g/mol. The van der Waals surface area contributed by atoms with Crippen LogP contribution in [0, 0.1) is 0 Å². The van der Waals surface area contributed by atoms with Crippen LogP contribution < -0.4 is 10.5 Å². The number of para-hydroxylation sites is 2. The quantitative estimate of drug-likeness (QED) is 0.828. The van der Waals surface area contributed by atoms with E-state index in [9.17, 15) is 0 Å². The van der Waals surface area contributed by atoms with Gasteiger partial charge in [-0.1, -0.05) is 41.9 Å². The van der Waals surface area contributed by atoms with Crippen molar-refractivity contribution in [1.82, 2.24) is 4.90 Å². The van der Waals surface area contributed by atoms with E-state index in [-0.39, 0.29) is 0 Å². The molecule has 0 aliphatic rings. The molecule has 2 N–H and O–H groups in total.